The van der Waals surface area contributed by atoms with Crippen LogP contribution in [0.4, 0.5) is 4.39 Å². The predicted octanol–water partition coefficient (Wildman–Crippen LogP) is 4.11. The van der Waals surface area contributed by atoms with Gasteiger partial charge in [0, 0.05) is 11.7 Å². The molecule has 1 aromatic rings. The van der Waals surface area contributed by atoms with Gasteiger partial charge in [0.25, 0.3) is 0 Å². The second-order valence-corrected chi connectivity index (χ2v) is 6.25. The number of rotatable bonds is 2. The largest absolute Gasteiger partial charge is 3.00 e. The number of hydrogen-bond acceptors (Lipinski definition) is 2. The van der Waals surface area contributed by atoms with Crippen LogP contribution in [0.15, 0.2) is 18.2 Å². The van der Waals surface area contributed by atoms with Gasteiger partial charge in [0.2, 0.25) is 0 Å². The summed E-state index contributed by atoms with van der Waals surface area (Å²) in [7, 11) is 0. The Morgan fingerprint density at radius 2 is 1.76 bits per heavy atom. The summed E-state index contributed by atoms with van der Waals surface area (Å²) in [5, 5.41) is 0. The number of ether oxygens (including phenoxy) is 2. The summed E-state index contributed by atoms with van der Waals surface area (Å²) in [6.45, 7) is 3.79. The molecule has 1 heterocycles. The van der Waals surface area contributed by atoms with Crippen LogP contribution in [0, 0.1) is 29.6 Å². The van der Waals surface area contributed by atoms with E-state index in [4.69, 9.17) is 9.47 Å². The molecule has 1 saturated heterocycles. The van der Waals surface area contributed by atoms with E-state index in [9.17, 15) is 4.39 Å². The van der Waals surface area contributed by atoms with Crippen LogP contribution in [0.25, 0.3) is 0 Å². The van der Waals surface area contributed by atoms with Gasteiger partial charge in [0.05, 0.1) is 13.2 Å². The van der Waals surface area contributed by atoms with Crippen molar-refractivity contribution >= 4 is 0 Å². The summed E-state index contributed by atoms with van der Waals surface area (Å²) in [5.74, 6) is 1.73. The van der Waals surface area contributed by atoms with Crippen molar-refractivity contribution in [3.63, 3.8) is 0 Å². The monoisotopic (exact) mass is 366 g/mol. The third-order valence-electron chi connectivity index (χ3n) is 4.71. The van der Waals surface area contributed by atoms with Crippen molar-refractivity contribution in [1.29, 1.82) is 0 Å². The number of hydrogen-bond donors (Lipinski definition) is 0. The Hall–Kier alpha value is 0.174. The van der Waals surface area contributed by atoms with Crippen molar-refractivity contribution in [3.05, 3.63) is 35.6 Å². The van der Waals surface area contributed by atoms with E-state index in [0.717, 1.165) is 30.6 Å². The molecule has 1 aromatic carbocycles. The fraction of sp³-hybridized carbons (Fsp3) is 0.647. The molecule has 3 rings (SSSR count). The molecule has 0 unspecified atom stereocenters. The molecule has 1 aliphatic heterocycles. The molecule has 0 spiro atoms. The van der Waals surface area contributed by atoms with Gasteiger partial charge in [-0.3, -0.25) is 0 Å². The van der Waals surface area contributed by atoms with Crippen molar-refractivity contribution in [1.82, 2.24) is 0 Å². The van der Waals surface area contributed by atoms with Crippen molar-refractivity contribution in [2.24, 2.45) is 17.8 Å². The van der Waals surface area contributed by atoms with Gasteiger partial charge in [0.1, 0.15) is 0 Å². The van der Waals surface area contributed by atoms with Gasteiger partial charge in [-0.15, -0.1) is 12.1 Å². The van der Waals surface area contributed by atoms with Gasteiger partial charge in [0.15, 0.2) is 6.29 Å². The summed E-state index contributed by atoms with van der Waals surface area (Å²) in [6.07, 6.45) is 4.81. The first-order valence-corrected chi connectivity index (χ1v) is 7.62. The molecule has 2 fully saturated rings. The van der Waals surface area contributed by atoms with Gasteiger partial charge in [-0.05, 0) is 24.7 Å². The first-order chi connectivity index (χ1) is 9.72. The van der Waals surface area contributed by atoms with Crippen LogP contribution in [0.2, 0.25) is 0 Å². The van der Waals surface area contributed by atoms with E-state index >= 15 is 0 Å². The molecule has 21 heavy (non-hydrogen) atoms. The van der Waals surface area contributed by atoms with Crippen molar-refractivity contribution in [3.8, 4) is 0 Å². The zero-order chi connectivity index (χ0) is 13.9. The van der Waals surface area contributed by atoms with Gasteiger partial charge >= 0.3 is 32.7 Å². The molecule has 2 nitrogen and oxygen atoms in total. The summed E-state index contributed by atoms with van der Waals surface area (Å²) >= 11 is 0. The fourth-order valence-electron chi connectivity index (χ4n) is 3.34. The topological polar surface area (TPSA) is 18.5 Å². The van der Waals surface area contributed by atoms with Crippen LogP contribution < -0.4 is 0 Å². The maximum Gasteiger partial charge on any atom is 3.00 e. The minimum absolute atomic E-state index is 0. The van der Waals surface area contributed by atoms with Crippen molar-refractivity contribution < 1.29 is 46.6 Å². The van der Waals surface area contributed by atoms with Crippen molar-refractivity contribution in [2.75, 3.05) is 13.2 Å². The smallest absolute Gasteiger partial charge is 0.350 e. The SMILES string of the molecule is CC1CCC(C2COC(c3cc[c-]c(F)c3)OC2)CC1.[Y+3]. The van der Waals surface area contributed by atoms with E-state index in [1.54, 1.807) is 12.1 Å². The van der Waals surface area contributed by atoms with Crippen LogP contribution >= 0.6 is 0 Å². The Morgan fingerprint density at radius 3 is 2.38 bits per heavy atom. The van der Waals surface area contributed by atoms with Gasteiger partial charge in [-0.25, -0.2) is 4.39 Å². The first kappa shape index (κ1) is 17.5. The molecule has 0 atom stereocenters. The Kier molecular flexibility index (Phi) is 6.80. The minimum atomic E-state index is -0.419. The van der Waals surface area contributed by atoms with E-state index < -0.39 is 6.29 Å². The second kappa shape index (κ2) is 8.15. The fourth-order valence-corrected chi connectivity index (χ4v) is 3.34. The zero-order valence-corrected chi connectivity index (χ0v) is 15.4. The molecule has 110 valence electrons. The van der Waals surface area contributed by atoms with Crippen LogP contribution in [0.5, 0.6) is 0 Å². The molecule has 0 N–H and O–H groups in total. The van der Waals surface area contributed by atoms with E-state index in [1.165, 1.54) is 31.7 Å². The molecule has 0 aromatic heterocycles. The van der Waals surface area contributed by atoms with E-state index in [2.05, 4.69) is 13.0 Å². The molecule has 0 bridgehead atoms. The second-order valence-electron chi connectivity index (χ2n) is 6.25. The van der Waals surface area contributed by atoms with Gasteiger partial charge in [-0.1, -0.05) is 25.3 Å². The van der Waals surface area contributed by atoms with Gasteiger partial charge < -0.3 is 9.47 Å². The summed E-state index contributed by atoms with van der Waals surface area (Å²) < 4.78 is 24.8. The molecule has 2 aliphatic rings. The number of halogens is 1. The Balaban J connectivity index is 0.00000161. The Bertz CT molecular complexity index is 438. The average Bonchev–Trinajstić information content (AvgIpc) is 2.48. The average molecular weight is 366 g/mol. The van der Waals surface area contributed by atoms with Crippen LogP contribution in [-0.2, 0) is 42.2 Å². The summed E-state index contributed by atoms with van der Waals surface area (Å²) in [4.78, 5) is 0. The van der Waals surface area contributed by atoms with Crippen LogP contribution in [-0.4, -0.2) is 13.2 Å². The minimum Gasteiger partial charge on any atom is -0.350 e. The maximum atomic E-state index is 13.2. The maximum absolute atomic E-state index is 13.2. The number of benzene rings is 1. The standard InChI is InChI=1S/C17H22FO2.Y/c1-12-5-7-13(8-6-12)15-10-19-17(20-11-15)14-3-2-4-16(18)9-14;/h2-3,9,12-13,15,17H,5-8,10-11H2,1H3;/q-1;+3. The van der Waals surface area contributed by atoms with E-state index in [-0.39, 0.29) is 38.5 Å². The molecule has 1 aliphatic carbocycles. The normalized spacial score (nSPS) is 33.2. The summed E-state index contributed by atoms with van der Waals surface area (Å²) in [6, 6.07) is 7.31. The predicted molar refractivity (Wildman–Crippen MR) is 74.5 cm³/mol. The molecular formula is C17H22FO2Y+2. The Labute approximate surface area is 151 Å². The molecule has 4 heteroatoms. The quantitative estimate of drug-likeness (QED) is 0.734. The molecular weight excluding hydrogens is 344 g/mol. The van der Waals surface area contributed by atoms with E-state index in [0.29, 0.717) is 5.92 Å². The third-order valence-corrected chi connectivity index (χ3v) is 4.71. The summed E-state index contributed by atoms with van der Waals surface area (Å²) in [5.41, 5.74) is 0.747. The molecule has 1 saturated carbocycles. The van der Waals surface area contributed by atoms with Crippen LogP contribution in [0.1, 0.15) is 44.5 Å². The van der Waals surface area contributed by atoms with Gasteiger partial charge in [-0.2, -0.15) is 12.1 Å². The third kappa shape index (κ3) is 4.57. The molecule has 0 radical (unpaired) electrons. The van der Waals surface area contributed by atoms with E-state index in [1.807, 2.05) is 0 Å². The first-order valence-electron chi connectivity index (χ1n) is 7.62. The van der Waals surface area contributed by atoms with Crippen LogP contribution in [0.3, 0.4) is 0 Å². The molecule has 0 amide bonds. The zero-order valence-electron chi connectivity index (χ0n) is 12.6. The Morgan fingerprint density at radius 1 is 1.10 bits per heavy atom. The van der Waals surface area contributed by atoms with Crippen molar-refractivity contribution in [2.45, 2.75) is 38.9 Å².